The van der Waals surface area contributed by atoms with Crippen molar-refractivity contribution < 1.29 is 30.4 Å². The molecule has 0 aliphatic rings. The van der Waals surface area contributed by atoms with Gasteiger partial charge in [-0.05, 0) is 19.3 Å². The lowest BCUT2D eigenvalue weighted by Gasteiger charge is -2.19. The molecule has 0 fully saturated rings. The molecule has 0 saturated carbocycles. The lowest BCUT2D eigenvalue weighted by molar-refractivity contribution is -0.284. The predicted octanol–water partition coefficient (Wildman–Crippen LogP) is 3.40. The van der Waals surface area contributed by atoms with Crippen LogP contribution in [0, 0.1) is 0 Å². The first-order valence-corrected chi connectivity index (χ1v) is 7.58. The van der Waals surface area contributed by atoms with Crippen molar-refractivity contribution in [1.29, 1.82) is 0 Å². The van der Waals surface area contributed by atoms with E-state index in [-0.39, 0.29) is 24.5 Å². The largest absolute Gasteiger partial charge is 0.453 e. The van der Waals surface area contributed by atoms with Crippen LogP contribution in [-0.4, -0.2) is 37.9 Å². The Labute approximate surface area is 107 Å². The van der Waals surface area contributed by atoms with Crippen LogP contribution in [0.2, 0.25) is 0 Å². The lowest BCUT2D eigenvalue weighted by atomic mass is 10.1. The summed E-state index contributed by atoms with van der Waals surface area (Å²) in [5.74, 6) is -5.16. The SMILES string of the molecule is O=S(=O)(CCCCl)CCCCC(F)(F)C(F)(F)F. The van der Waals surface area contributed by atoms with Crippen LogP contribution in [0.25, 0.3) is 0 Å². The molecule has 0 saturated heterocycles. The van der Waals surface area contributed by atoms with E-state index in [1.165, 1.54) is 0 Å². The fourth-order valence-electron chi connectivity index (χ4n) is 1.19. The van der Waals surface area contributed by atoms with Gasteiger partial charge in [-0.2, -0.15) is 22.0 Å². The Hall–Kier alpha value is -0.110. The van der Waals surface area contributed by atoms with Crippen molar-refractivity contribution in [3.05, 3.63) is 0 Å². The maximum Gasteiger partial charge on any atom is 0.453 e. The Morgan fingerprint density at radius 3 is 1.83 bits per heavy atom. The van der Waals surface area contributed by atoms with Crippen LogP contribution in [0.1, 0.15) is 25.7 Å². The Morgan fingerprint density at radius 2 is 1.39 bits per heavy atom. The fourth-order valence-corrected chi connectivity index (χ4v) is 2.91. The molecule has 0 aliphatic heterocycles. The average molecular weight is 317 g/mol. The molecule has 0 unspecified atom stereocenters. The molecule has 110 valence electrons. The summed E-state index contributed by atoms with van der Waals surface area (Å²) in [6.45, 7) is 0. The zero-order valence-electron chi connectivity index (χ0n) is 9.44. The minimum Gasteiger partial charge on any atom is -0.229 e. The van der Waals surface area contributed by atoms with Crippen molar-refractivity contribution >= 4 is 21.4 Å². The molecule has 0 heterocycles. The number of unbranched alkanes of at least 4 members (excludes halogenated alkanes) is 1. The Kier molecular flexibility index (Phi) is 6.84. The molecular weight excluding hydrogens is 303 g/mol. The van der Waals surface area contributed by atoms with Gasteiger partial charge in [-0.3, -0.25) is 0 Å². The van der Waals surface area contributed by atoms with Gasteiger partial charge in [0, 0.05) is 12.3 Å². The summed E-state index contributed by atoms with van der Waals surface area (Å²) < 4.78 is 82.7. The van der Waals surface area contributed by atoms with Gasteiger partial charge in [-0.15, -0.1) is 11.6 Å². The molecule has 0 aliphatic carbocycles. The monoisotopic (exact) mass is 316 g/mol. The quantitative estimate of drug-likeness (QED) is 0.391. The van der Waals surface area contributed by atoms with E-state index in [1.807, 2.05) is 0 Å². The molecule has 9 heteroatoms. The van der Waals surface area contributed by atoms with Crippen molar-refractivity contribution in [1.82, 2.24) is 0 Å². The van der Waals surface area contributed by atoms with E-state index >= 15 is 0 Å². The van der Waals surface area contributed by atoms with Gasteiger partial charge in [0.25, 0.3) is 0 Å². The van der Waals surface area contributed by atoms with Crippen LogP contribution >= 0.6 is 11.6 Å². The minimum atomic E-state index is -5.58. The van der Waals surface area contributed by atoms with Crippen LogP contribution in [0.4, 0.5) is 22.0 Å². The molecule has 18 heavy (non-hydrogen) atoms. The van der Waals surface area contributed by atoms with Crippen molar-refractivity contribution in [2.24, 2.45) is 0 Å². The fraction of sp³-hybridized carbons (Fsp3) is 1.00. The van der Waals surface area contributed by atoms with E-state index in [0.29, 0.717) is 0 Å². The lowest BCUT2D eigenvalue weighted by Crippen LogP contribution is -2.36. The standard InChI is InChI=1S/C9H14ClF5O2S/c10-5-3-7-18(16,17)6-2-1-4-8(11,12)9(13,14)15/h1-7H2. The van der Waals surface area contributed by atoms with E-state index in [1.54, 1.807) is 0 Å². The first-order chi connectivity index (χ1) is 8.02. The second kappa shape index (κ2) is 6.88. The van der Waals surface area contributed by atoms with Crippen molar-refractivity contribution in [3.8, 4) is 0 Å². The number of sulfone groups is 1. The maximum absolute atomic E-state index is 12.5. The predicted molar refractivity (Wildman–Crippen MR) is 58.8 cm³/mol. The number of alkyl halides is 6. The Morgan fingerprint density at radius 1 is 0.889 bits per heavy atom. The van der Waals surface area contributed by atoms with E-state index in [2.05, 4.69) is 0 Å². The van der Waals surface area contributed by atoms with Crippen LogP contribution in [0.5, 0.6) is 0 Å². The van der Waals surface area contributed by atoms with Gasteiger partial charge in [0.05, 0.1) is 11.5 Å². The highest BCUT2D eigenvalue weighted by molar-refractivity contribution is 7.91. The molecule has 0 N–H and O–H groups in total. The van der Waals surface area contributed by atoms with Gasteiger partial charge < -0.3 is 0 Å². The van der Waals surface area contributed by atoms with E-state index < -0.39 is 40.5 Å². The summed E-state index contributed by atoms with van der Waals surface area (Å²) in [6.07, 6.45) is -7.43. The van der Waals surface area contributed by atoms with Crippen LogP contribution in [0.3, 0.4) is 0 Å². The molecule has 0 aromatic carbocycles. The maximum atomic E-state index is 12.5. The third-order valence-electron chi connectivity index (χ3n) is 2.20. The van der Waals surface area contributed by atoms with Gasteiger partial charge in [-0.25, -0.2) is 8.42 Å². The van der Waals surface area contributed by atoms with Gasteiger partial charge in [0.2, 0.25) is 0 Å². The molecule has 0 radical (unpaired) electrons. The average Bonchev–Trinajstić information content (AvgIpc) is 2.20. The Balaban J connectivity index is 4.01. The molecule has 0 aromatic rings. The van der Waals surface area contributed by atoms with Crippen LogP contribution < -0.4 is 0 Å². The zero-order valence-corrected chi connectivity index (χ0v) is 11.0. The van der Waals surface area contributed by atoms with E-state index in [4.69, 9.17) is 11.6 Å². The van der Waals surface area contributed by atoms with E-state index in [0.717, 1.165) is 0 Å². The molecule has 2 nitrogen and oxygen atoms in total. The van der Waals surface area contributed by atoms with Gasteiger partial charge in [-0.1, -0.05) is 0 Å². The molecule has 0 aromatic heterocycles. The summed E-state index contributed by atoms with van der Waals surface area (Å²) in [5.41, 5.74) is 0. The number of hydrogen-bond donors (Lipinski definition) is 0. The topological polar surface area (TPSA) is 34.1 Å². The highest BCUT2D eigenvalue weighted by Gasteiger charge is 2.56. The van der Waals surface area contributed by atoms with Crippen LogP contribution in [0.15, 0.2) is 0 Å². The van der Waals surface area contributed by atoms with Crippen molar-refractivity contribution in [2.45, 2.75) is 37.8 Å². The third-order valence-corrected chi connectivity index (χ3v) is 4.29. The molecule has 0 bridgehead atoms. The molecule has 0 rings (SSSR count). The normalized spacial score (nSPS) is 13.9. The van der Waals surface area contributed by atoms with Crippen molar-refractivity contribution in [2.75, 3.05) is 17.4 Å². The minimum absolute atomic E-state index is 0.158. The number of hydrogen-bond acceptors (Lipinski definition) is 2. The number of halogens is 6. The second-order valence-electron chi connectivity index (χ2n) is 3.85. The smallest absolute Gasteiger partial charge is 0.229 e. The third kappa shape index (κ3) is 6.72. The zero-order chi connectivity index (χ0) is 14.4. The highest BCUT2D eigenvalue weighted by atomic mass is 35.5. The molecule has 0 spiro atoms. The van der Waals surface area contributed by atoms with Gasteiger partial charge in [0.1, 0.15) is 9.84 Å². The molecule has 0 atom stereocenters. The first kappa shape index (κ1) is 17.9. The highest BCUT2D eigenvalue weighted by Crippen LogP contribution is 2.39. The Bertz CT molecular complexity index is 339. The summed E-state index contributed by atoms with van der Waals surface area (Å²) in [4.78, 5) is 0. The summed E-state index contributed by atoms with van der Waals surface area (Å²) in [6, 6.07) is 0. The van der Waals surface area contributed by atoms with E-state index in [9.17, 15) is 30.4 Å². The van der Waals surface area contributed by atoms with Gasteiger partial charge >= 0.3 is 12.1 Å². The van der Waals surface area contributed by atoms with Gasteiger partial charge in [0.15, 0.2) is 0 Å². The summed E-state index contributed by atoms with van der Waals surface area (Å²) in [7, 11) is -3.41. The molecule has 0 amide bonds. The molecular formula is C9H14ClF5O2S. The number of rotatable bonds is 8. The summed E-state index contributed by atoms with van der Waals surface area (Å²) in [5, 5.41) is 0. The second-order valence-corrected chi connectivity index (χ2v) is 6.54. The van der Waals surface area contributed by atoms with Crippen molar-refractivity contribution in [3.63, 3.8) is 0 Å². The first-order valence-electron chi connectivity index (χ1n) is 5.23. The van der Waals surface area contributed by atoms with Crippen LogP contribution in [-0.2, 0) is 9.84 Å². The summed E-state index contributed by atoms with van der Waals surface area (Å²) >= 11 is 5.29.